The van der Waals surface area contributed by atoms with Gasteiger partial charge >= 0.3 is 24.7 Å². The molecular weight excluding hydrogens is 492 g/mol. The lowest BCUT2D eigenvalue weighted by Crippen LogP contribution is -2.38. The van der Waals surface area contributed by atoms with Gasteiger partial charge in [-0.3, -0.25) is 0 Å². The van der Waals surface area contributed by atoms with Crippen LogP contribution in [0.3, 0.4) is 0 Å². The lowest BCUT2D eigenvalue weighted by molar-refractivity contribution is -0.147. The molecule has 1 unspecified atom stereocenters. The molecule has 0 spiro atoms. The normalized spacial score (nSPS) is 20.5. The third kappa shape index (κ3) is 3.97. The Balaban J connectivity index is 1.94. The van der Waals surface area contributed by atoms with Crippen LogP contribution >= 0.6 is 0 Å². The van der Waals surface area contributed by atoms with Crippen molar-refractivity contribution in [2.75, 3.05) is 10.6 Å². The molecule has 0 saturated heterocycles. The average molecular weight is 498 g/mol. The lowest BCUT2D eigenvalue weighted by Gasteiger charge is -2.41. The largest absolute Gasteiger partial charge is 0.433 e. The number of hydrogen-bond donors (Lipinski definition) is 2. The molecule has 4 rings (SSSR count). The summed E-state index contributed by atoms with van der Waals surface area (Å²) in [5, 5.41) is 3.77. The first-order valence-electron chi connectivity index (χ1n) is 8.44. The lowest BCUT2D eigenvalue weighted by atomic mass is 9.98. The number of pyridine rings is 2. The molecule has 0 saturated carbocycles. The summed E-state index contributed by atoms with van der Waals surface area (Å²) in [6.07, 6.45) is -25.7. The average Bonchev–Trinajstić information content (AvgIpc) is 2.63. The minimum absolute atomic E-state index is 0.345. The highest BCUT2D eigenvalue weighted by Gasteiger charge is 2.50. The number of ether oxygens (including phenoxy) is 1. The quantitative estimate of drug-likeness (QED) is 0.429. The molecule has 2 aromatic rings. The number of alkyl halides is 12. The van der Waals surface area contributed by atoms with Crippen LogP contribution in [0.15, 0.2) is 12.1 Å². The molecular formula is C16H6F12N4O. The highest BCUT2D eigenvalue weighted by atomic mass is 19.4. The fourth-order valence-electron chi connectivity index (χ4n) is 3.35. The van der Waals surface area contributed by atoms with E-state index in [-0.39, 0.29) is 12.1 Å². The maximum Gasteiger partial charge on any atom is 0.433 e. The molecule has 17 heteroatoms. The minimum Gasteiger partial charge on any atom is -0.340 e. The van der Waals surface area contributed by atoms with Crippen molar-refractivity contribution in [3.63, 3.8) is 0 Å². The molecule has 0 aliphatic carbocycles. The number of nitrogens with zero attached hydrogens (tertiary/aromatic N) is 2. The van der Waals surface area contributed by atoms with Crippen molar-refractivity contribution < 1.29 is 57.4 Å². The fraction of sp³-hybridized carbons (Fsp3) is 0.375. The fourth-order valence-corrected chi connectivity index (χ4v) is 3.35. The van der Waals surface area contributed by atoms with Crippen molar-refractivity contribution >= 4 is 11.6 Å². The third-order valence-corrected chi connectivity index (χ3v) is 4.64. The highest BCUT2D eigenvalue weighted by molar-refractivity contribution is 5.64. The monoisotopic (exact) mass is 498 g/mol. The summed E-state index contributed by atoms with van der Waals surface area (Å²) < 4.78 is 164. The Labute approximate surface area is 173 Å². The molecule has 5 nitrogen and oxygen atoms in total. The van der Waals surface area contributed by atoms with Crippen LogP contribution in [0.5, 0.6) is 0 Å². The summed E-state index contributed by atoms with van der Waals surface area (Å²) in [5.41, 5.74) is -9.99. The van der Waals surface area contributed by atoms with Gasteiger partial charge < -0.3 is 15.4 Å². The molecule has 4 heterocycles. The van der Waals surface area contributed by atoms with Gasteiger partial charge in [0.25, 0.3) is 0 Å². The Morgan fingerprint density at radius 1 is 0.576 bits per heavy atom. The molecule has 2 aliphatic rings. The van der Waals surface area contributed by atoms with E-state index in [0.29, 0.717) is 0 Å². The van der Waals surface area contributed by atoms with Crippen molar-refractivity contribution in [1.82, 2.24) is 9.97 Å². The molecule has 2 aromatic heterocycles. The van der Waals surface area contributed by atoms with Crippen LogP contribution in [0.4, 0.5) is 64.3 Å². The second-order valence-electron chi connectivity index (χ2n) is 6.81. The molecule has 0 fully saturated rings. The molecule has 2 aliphatic heterocycles. The molecule has 0 radical (unpaired) electrons. The highest BCUT2D eigenvalue weighted by Crippen LogP contribution is 2.52. The van der Waals surface area contributed by atoms with Gasteiger partial charge in [0.15, 0.2) is 12.5 Å². The molecule has 0 aromatic carbocycles. The summed E-state index contributed by atoms with van der Waals surface area (Å²) in [5.74, 6) is -2.21. The Bertz CT molecular complexity index is 1030. The Morgan fingerprint density at radius 3 is 1.18 bits per heavy atom. The number of rotatable bonds is 0. The number of halogens is 12. The molecule has 2 bridgehead atoms. The van der Waals surface area contributed by atoms with Crippen LogP contribution < -0.4 is 10.6 Å². The van der Waals surface area contributed by atoms with E-state index < -0.39 is 82.4 Å². The molecule has 180 valence electrons. The molecule has 0 amide bonds. The summed E-state index contributed by atoms with van der Waals surface area (Å²) >= 11 is 0. The Hall–Kier alpha value is -2.98. The van der Waals surface area contributed by atoms with Crippen LogP contribution in [0.2, 0.25) is 0 Å². The van der Waals surface area contributed by atoms with Crippen LogP contribution in [-0.2, 0) is 29.4 Å². The van der Waals surface area contributed by atoms with Crippen molar-refractivity contribution in [3.8, 4) is 0 Å². The summed E-state index contributed by atoms with van der Waals surface area (Å²) in [4.78, 5) is 6.05. The van der Waals surface area contributed by atoms with E-state index in [4.69, 9.17) is 4.74 Å². The van der Waals surface area contributed by atoms with Gasteiger partial charge in [-0.1, -0.05) is 0 Å². The van der Waals surface area contributed by atoms with Crippen molar-refractivity contribution in [3.05, 3.63) is 45.8 Å². The van der Waals surface area contributed by atoms with Gasteiger partial charge in [0, 0.05) is 0 Å². The predicted octanol–water partition coefficient (Wildman–Crippen LogP) is 6.12. The van der Waals surface area contributed by atoms with E-state index in [9.17, 15) is 52.7 Å². The zero-order valence-electron chi connectivity index (χ0n) is 15.1. The standard InChI is InChI=1S/C16H6F12N4O/c17-13(18,19)3-1-5(15(23,24)25)29-9-7(3)11-32-10-8(12(31-9)33-11)4(14(20,21)22)2-6(30-10)16(26,27)28/h1-2,11-12H,(H,29,31)(H,30,32)/t11-,12?/m0/s1. The maximum atomic E-state index is 13.5. The third-order valence-electron chi connectivity index (χ3n) is 4.64. The van der Waals surface area contributed by atoms with Gasteiger partial charge in [-0.15, -0.1) is 0 Å². The van der Waals surface area contributed by atoms with Gasteiger partial charge in [-0.2, -0.15) is 52.7 Å². The molecule has 2 atom stereocenters. The van der Waals surface area contributed by atoms with Gasteiger partial charge in [-0.05, 0) is 12.1 Å². The zero-order valence-corrected chi connectivity index (χ0v) is 15.1. The maximum absolute atomic E-state index is 13.5. The number of anilines is 2. The summed E-state index contributed by atoms with van der Waals surface area (Å²) in [6, 6.07) is -0.690. The first kappa shape index (κ1) is 23.2. The molecule has 33 heavy (non-hydrogen) atoms. The number of aromatic nitrogens is 2. The van der Waals surface area contributed by atoms with Gasteiger partial charge in [-0.25, -0.2) is 9.97 Å². The van der Waals surface area contributed by atoms with E-state index in [1.807, 2.05) is 10.6 Å². The van der Waals surface area contributed by atoms with E-state index >= 15 is 0 Å². The molecule has 2 N–H and O–H groups in total. The first-order valence-corrected chi connectivity index (χ1v) is 8.44. The van der Waals surface area contributed by atoms with Crippen LogP contribution in [-0.4, -0.2) is 9.97 Å². The van der Waals surface area contributed by atoms with Crippen LogP contribution in [0, 0.1) is 0 Å². The summed E-state index contributed by atoms with van der Waals surface area (Å²) in [6.45, 7) is 0. The number of nitrogens with one attached hydrogen (secondary N) is 2. The topological polar surface area (TPSA) is 59.1 Å². The van der Waals surface area contributed by atoms with Crippen molar-refractivity contribution in [1.29, 1.82) is 0 Å². The Kier molecular flexibility index (Phi) is 4.76. The van der Waals surface area contributed by atoms with E-state index in [2.05, 4.69) is 9.97 Å². The van der Waals surface area contributed by atoms with Gasteiger partial charge in [0.1, 0.15) is 23.0 Å². The SMILES string of the molecule is FC(F)(F)c1cc(C(F)(F)F)c2c(n1)N[C@H]1OC2Nc2nc(C(F)(F)F)cc(C(F)(F)F)c21. The van der Waals surface area contributed by atoms with Crippen LogP contribution in [0.1, 0.15) is 46.1 Å². The summed E-state index contributed by atoms with van der Waals surface area (Å²) in [7, 11) is 0. The second kappa shape index (κ2) is 6.77. The van der Waals surface area contributed by atoms with E-state index in [0.717, 1.165) is 0 Å². The van der Waals surface area contributed by atoms with Gasteiger partial charge in [0.05, 0.1) is 22.3 Å². The number of hydrogen-bond acceptors (Lipinski definition) is 5. The number of fused-ring (bicyclic) bond motifs is 6. The smallest absolute Gasteiger partial charge is 0.340 e. The second-order valence-corrected chi connectivity index (χ2v) is 6.81. The zero-order chi connectivity index (χ0) is 24.7. The Morgan fingerprint density at radius 2 is 0.909 bits per heavy atom. The minimum atomic E-state index is -5.41. The van der Waals surface area contributed by atoms with E-state index in [1.165, 1.54) is 0 Å². The first-order chi connectivity index (χ1) is 14.9. The van der Waals surface area contributed by atoms with Gasteiger partial charge in [0.2, 0.25) is 0 Å². The van der Waals surface area contributed by atoms with E-state index in [1.54, 1.807) is 0 Å². The predicted molar refractivity (Wildman–Crippen MR) is 82.3 cm³/mol. The van der Waals surface area contributed by atoms with Crippen molar-refractivity contribution in [2.45, 2.75) is 37.2 Å². The van der Waals surface area contributed by atoms with Crippen LogP contribution in [0.25, 0.3) is 0 Å². The van der Waals surface area contributed by atoms with Crippen molar-refractivity contribution in [2.24, 2.45) is 0 Å².